The van der Waals surface area contributed by atoms with Gasteiger partial charge in [0, 0.05) is 23.1 Å². The van der Waals surface area contributed by atoms with Crippen molar-refractivity contribution < 1.29 is 4.79 Å². The fraction of sp³-hybridized carbons (Fsp3) is 0.294. The van der Waals surface area contributed by atoms with Crippen LogP contribution in [-0.4, -0.2) is 10.8 Å². The zero-order valence-electron chi connectivity index (χ0n) is 11.2. The van der Waals surface area contributed by atoms with Crippen LogP contribution in [0.4, 0.5) is 0 Å². The molecule has 2 aromatic rings. The third-order valence-electron chi connectivity index (χ3n) is 4.22. The lowest BCUT2D eigenvalue weighted by molar-refractivity contribution is 0.0900. The van der Waals surface area contributed by atoms with E-state index < -0.39 is 0 Å². The monoisotopic (exact) mass is 285 g/mol. The lowest BCUT2D eigenvalue weighted by atomic mass is 9.62. The van der Waals surface area contributed by atoms with Gasteiger partial charge in [0.15, 0.2) is 5.78 Å². The molecule has 1 heterocycles. The van der Waals surface area contributed by atoms with Crippen molar-refractivity contribution in [3.8, 4) is 0 Å². The van der Waals surface area contributed by atoms with E-state index in [9.17, 15) is 4.79 Å². The van der Waals surface area contributed by atoms with Crippen LogP contribution in [0.15, 0.2) is 48.7 Å². The molecule has 0 spiro atoms. The molecule has 0 amide bonds. The van der Waals surface area contributed by atoms with Crippen molar-refractivity contribution in [3.63, 3.8) is 0 Å². The van der Waals surface area contributed by atoms with Crippen LogP contribution < -0.4 is 0 Å². The molecule has 0 saturated heterocycles. The first-order valence-electron chi connectivity index (χ1n) is 6.90. The van der Waals surface area contributed by atoms with Gasteiger partial charge >= 0.3 is 0 Å². The Kier molecular flexibility index (Phi) is 3.58. The van der Waals surface area contributed by atoms with Gasteiger partial charge < -0.3 is 0 Å². The first kappa shape index (κ1) is 13.3. The van der Waals surface area contributed by atoms with E-state index in [2.05, 4.69) is 4.98 Å². The highest BCUT2D eigenvalue weighted by molar-refractivity contribution is 6.30. The van der Waals surface area contributed by atoms with E-state index in [1.165, 1.54) is 12.0 Å². The van der Waals surface area contributed by atoms with Crippen LogP contribution in [0.1, 0.15) is 41.7 Å². The minimum Gasteiger partial charge on any atom is -0.292 e. The van der Waals surface area contributed by atoms with Crippen molar-refractivity contribution in [2.45, 2.75) is 31.1 Å². The Balaban J connectivity index is 1.83. The summed E-state index contributed by atoms with van der Waals surface area (Å²) in [6, 6.07) is 13.4. The number of halogens is 1. The third-order valence-corrected chi connectivity index (χ3v) is 4.47. The molecule has 3 heteroatoms. The van der Waals surface area contributed by atoms with Crippen molar-refractivity contribution >= 4 is 17.4 Å². The molecule has 0 atom stereocenters. The van der Waals surface area contributed by atoms with Gasteiger partial charge in [0.05, 0.1) is 0 Å². The van der Waals surface area contributed by atoms with Crippen LogP contribution in [0, 0.1) is 0 Å². The second kappa shape index (κ2) is 5.37. The number of hydrogen-bond donors (Lipinski definition) is 0. The Morgan fingerprint density at radius 2 is 1.90 bits per heavy atom. The number of nitrogens with zero attached hydrogens (tertiary/aromatic N) is 1. The van der Waals surface area contributed by atoms with Crippen molar-refractivity contribution in [3.05, 3.63) is 64.9 Å². The second-order valence-corrected chi connectivity index (χ2v) is 5.89. The molecule has 3 rings (SSSR count). The Bertz CT molecular complexity index is 603. The molecule has 20 heavy (non-hydrogen) atoms. The Hall–Kier alpha value is -1.67. The summed E-state index contributed by atoms with van der Waals surface area (Å²) in [6.07, 6.45) is 5.51. The van der Waals surface area contributed by atoms with Crippen molar-refractivity contribution in [1.29, 1.82) is 0 Å². The molecular formula is C17H16ClNO. The van der Waals surface area contributed by atoms with Gasteiger partial charge in [-0.3, -0.25) is 9.78 Å². The number of hydrogen-bond acceptors (Lipinski definition) is 2. The van der Waals surface area contributed by atoms with Gasteiger partial charge in [-0.1, -0.05) is 36.2 Å². The maximum absolute atomic E-state index is 12.4. The van der Waals surface area contributed by atoms with Gasteiger partial charge in [-0.05, 0) is 42.7 Å². The molecule has 0 unspecified atom stereocenters. The summed E-state index contributed by atoms with van der Waals surface area (Å²) in [6.45, 7) is 0. The maximum atomic E-state index is 12.4. The van der Waals surface area contributed by atoms with E-state index in [-0.39, 0.29) is 11.2 Å². The second-order valence-electron chi connectivity index (χ2n) is 5.46. The molecule has 2 nitrogen and oxygen atoms in total. The molecular weight excluding hydrogens is 270 g/mol. The van der Waals surface area contributed by atoms with E-state index in [1.807, 2.05) is 36.4 Å². The van der Waals surface area contributed by atoms with E-state index >= 15 is 0 Å². The van der Waals surface area contributed by atoms with Crippen LogP contribution in [0.25, 0.3) is 0 Å². The number of benzene rings is 1. The minimum absolute atomic E-state index is 0.0147. The van der Waals surface area contributed by atoms with Gasteiger partial charge in [0.2, 0.25) is 0 Å². The van der Waals surface area contributed by atoms with Gasteiger partial charge in [-0.25, -0.2) is 0 Å². The number of carbonyl (C=O) groups excluding carboxylic acids is 1. The Morgan fingerprint density at radius 1 is 1.15 bits per heavy atom. The first-order valence-corrected chi connectivity index (χ1v) is 7.28. The average Bonchev–Trinajstić information content (AvgIpc) is 2.45. The standard InChI is InChI=1S/C17H16ClNO/c18-14-7-5-13(6-8-14)17(9-3-10-17)12-16(20)15-4-1-2-11-19-15/h1-2,4-8,11H,3,9-10,12H2. The van der Waals surface area contributed by atoms with Crippen molar-refractivity contribution in [2.75, 3.05) is 0 Å². The van der Waals surface area contributed by atoms with Gasteiger partial charge in [0.1, 0.15) is 5.69 Å². The smallest absolute Gasteiger partial charge is 0.182 e. The largest absolute Gasteiger partial charge is 0.292 e. The van der Waals surface area contributed by atoms with E-state index in [4.69, 9.17) is 11.6 Å². The number of pyridine rings is 1. The average molecular weight is 286 g/mol. The number of rotatable bonds is 4. The summed E-state index contributed by atoms with van der Waals surface area (Å²) in [4.78, 5) is 16.6. The van der Waals surface area contributed by atoms with Crippen LogP contribution in [-0.2, 0) is 5.41 Å². The van der Waals surface area contributed by atoms with Crippen LogP contribution in [0.2, 0.25) is 5.02 Å². The molecule has 0 N–H and O–H groups in total. The number of carbonyl (C=O) groups is 1. The number of Topliss-reactive ketones (excluding diaryl/α,β-unsaturated/α-hetero) is 1. The number of ketones is 1. The molecule has 1 saturated carbocycles. The Labute approximate surface area is 123 Å². The van der Waals surface area contributed by atoms with Gasteiger partial charge in [-0.2, -0.15) is 0 Å². The topological polar surface area (TPSA) is 30.0 Å². The normalized spacial score (nSPS) is 16.4. The lowest BCUT2D eigenvalue weighted by Crippen LogP contribution is -2.36. The predicted molar refractivity (Wildman–Crippen MR) is 80.2 cm³/mol. The summed E-state index contributed by atoms with van der Waals surface area (Å²) in [5.74, 6) is 0.125. The predicted octanol–water partition coefficient (Wildman–Crippen LogP) is 4.43. The minimum atomic E-state index is -0.0147. The molecule has 1 aliphatic carbocycles. The fourth-order valence-corrected chi connectivity index (χ4v) is 3.03. The van der Waals surface area contributed by atoms with Crippen molar-refractivity contribution in [1.82, 2.24) is 4.98 Å². The van der Waals surface area contributed by atoms with E-state index in [1.54, 1.807) is 12.3 Å². The molecule has 1 aromatic carbocycles. The van der Waals surface area contributed by atoms with E-state index in [0.717, 1.165) is 17.9 Å². The quantitative estimate of drug-likeness (QED) is 0.778. The van der Waals surface area contributed by atoms with Crippen LogP contribution in [0.3, 0.4) is 0 Å². The van der Waals surface area contributed by atoms with Gasteiger partial charge in [0.25, 0.3) is 0 Å². The molecule has 102 valence electrons. The highest BCUT2D eigenvalue weighted by Gasteiger charge is 2.40. The summed E-state index contributed by atoms with van der Waals surface area (Å²) in [7, 11) is 0. The third kappa shape index (κ3) is 2.48. The highest BCUT2D eigenvalue weighted by atomic mass is 35.5. The van der Waals surface area contributed by atoms with E-state index in [0.29, 0.717) is 12.1 Å². The molecule has 0 bridgehead atoms. The maximum Gasteiger partial charge on any atom is 0.182 e. The summed E-state index contributed by atoms with van der Waals surface area (Å²) >= 11 is 5.95. The van der Waals surface area contributed by atoms with Crippen LogP contribution >= 0.6 is 11.6 Å². The van der Waals surface area contributed by atoms with Gasteiger partial charge in [-0.15, -0.1) is 0 Å². The van der Waals surface area contributed by atoms with Crippen LogP contribution in [0.5, 0.6) is 0 Å². The molecule has 1 aliphatic rings. The van der Waals surface area contributed by atoms with Crippen molar-refractivity contribution in [2.24, 2.45) is 0 Å². The summed E-state index contributed by atoms with van der Waals surface area (Å²) in [5, 5.41) is 0.735. The Morgan fingerprint density at radius 3 is 2.45 bits per heavy atom. The fourth-order valence-electron chi connectivity index (χ4n) is 2.90. The summed E-state index contributed by atoms with van der Waals surface area (Å²) in [5.41, 5.74) is 1.77. The molecule has 1 aromatic heterocycles. The zero-order valence-corrected chi connectivity index (χ0v) is 11.9. The number of aromatic nitrogens is 1. The molecule has 1 fully saturated rings. The molecule has 0 radical (unpaired) electrons. The summed E-state index contributed by atoms with van der Waals surface area (Å²) < 4.78 is 0. The lowest BCUT2D eigenvalue weighted by Gasteiger charge is -2.42. The zero-order chi connectivity index (χ0) is 14.0. The highest BCUT2D eigenvalue weighted by Crippen LogP contribution is 2.47. The SMILES string of the molecule is O=C(CC1(c2ccc(Cl)cc2)CCC1)c1ccccn1. The molecule has 0 aliphatic heterocycles. The first-order chi connectivity index (χ1) is 9.70.